The number of nitrogens with zero attached hydrogens (tertiary/aromatic N) is 1. The molecule has 4 heteroatoms. The van der Waals surface area contributed by atoms with Crippen LogP contribution in [-0.2, 0) is 9.59 Å². The summed E-state index contributed by atoms with van der Waals surface area (Å²) in [7, 11) is 0. The highest BCUT2D eigenvalue weighted by Gasteiger charge is 2.28. The molecule has 2 amide bonds. The Hall–Kier alpha value is -1.06. The van der Waals surface area contributed by atoms with Crippen LogP contribution in [0.4, 0.5) is 0 Å². The predicted molar refractivity (Wildman–Crippen MR) is 62.9 cm³/mol. The summed E-state index contributed by atoms with van der Waals surface area (Å²) >= 11 is 0. The van der Waals surface area contributed by atoms with Gasteiger partial charge in [-0.05, 0) is 11.8 Å². The van der Waals surface area contributed by atoms with Crippen LogP contribution < -0.4 is 5.32 Å². The fourth-order valence-corrected chi connectivity index (χ4v) is 1.96. The van der Waals surface area contributed by atoms with Crippen LogP contribution in [0.2, 0.25) is 0 Å². The summed E-state index contributed by atoms with van der Waals surface area (Å²) in [5.74, 6) is 0.176. The SMILES string of the molecule is CC(=O)N[C@H]1CCN(C(=O)CC(C)(C)C)C1. The molecule has 0 saturated carbocycles. The van der Waals surface area contributed by atoms with Crippen LogP contribution in [-0.4, -0.2) is 35.8 Å². The van der Waals surface area contributed by atoms with Gasteiger partial charge in [0, 0.05) is 32.5 Å². The molecule has 1 rings (SSSR count). The van der Waals surface area contributed by atoms with Gasteiger partial charge in [0.1, 0.15) is 0 Å². The van der Waals surface area contributed by atoms with E-state index in [0.717, 1.165) is 13.0 Å². The normalized spacial score (nSPS) is 21.0. The molecule has 16 heavy (non-hydrogen) atoms. The Bertz CT molecular complexity index is 281. The van der Waals surface area contributed by atoms with Crippen LogP contribution >= 0.6 is 0 Å². The van der Waals surface area contributed by atoms with E-state index in [4.69, 9.17) is 0 Å². The van der Waals surface area contributed by atoms with Crippen molar-refractivity contribution in [2.75, 3.05) is 13.1 Å². The first-order chi connectivity index (χ1) is 7.28. The highest BCUT2D eigenvalue weighted by Crippen LogP contribution is 2.21. The van der Waals surface area contributed by atoms with Crippen LogP contribution in [0.15, 0.2) is 0 Å². The van der Waals surface area contributed by atoms with Crippen molar-refractivity contribution in [1.29, 1.82) is 0 Å². The minimum absolute atomic E-state index is 0.0184. The Balaban J connectivity index is 2.41. The quantitative estimate of drug-likeness (QED) is 0.768. The van der Waals surface area contributed by atoms with Gasteiger partial charge in [0.15, 0.2) is 0 Å². The van der Waals surface area contributed by atoms with E-state index >= 15 is 0 Å². The Morgan fingerprint density at radius 3 is 2.50 bits per heavy atom. The summed E-state index contributed by atoms with van der Waals surface area (Å²) in [4.78, 5) is 24.6. The predicted octanol–water partition coefficient (Wildman–Crippen LogP) is 1.16. The van der Waals surface area contributed by atoms with Crippen LogP contribution in [0.25, 0.3) is 0 Å². The second kappa shape index (κ2) is 4.85. The topological polar surface area (TPSA) is 49.4 Å². The summed E-state index contributed by atoms with van der Waals surface area (Å²) < 4.78 is 0. The number of carbonyl (C=O) groups is 2. The molecule has 0 spiro atoms. The second-order valence-corrected chi connectivity index (χ2v) is 5.76. The van der Waals surface area contributed by atoms with Gasteiger partial charge in [-0.25, -0.2) is 0 Å². The van der Waals surface area contributed by atoms with Gasteiger partial charge in [0.25, 0.3) is 0 Å². The molecule has 1 saturated heterocycles. The molecule has 1 heterocycles. The second-order valence-electron chi connectivity index (χ2n) is 5.76. The summed E-state index contributed by atoms with van der Waals surface area (Å²) in [5.41, 5.74) is 0.0309. The van der Waals surface area contributed by atoms with Gasteiger partial charge in [-0.3, -0.25) is 9.59 Å². The smallest absolute Gasteiger partial charge is 0.223 e. The molecule has 1 aliphatic heterocycles. The van der Waals surface area contributed by atoms with Crippen LogP contribution in [0.1, 0.15) is 40.5 Å². The van der Waals surface area contributed by atoms with Gasteiger partial charge in [-0.1, -0.05) is 20.8 Å². The third-order valence-electron chi connectivity index (χ3n) is 2.63. The standard InChI is InChI=1S/C12H22N2O2/c1-9(15)13-10-5-6-14(8-10)11(16)7-12(2,3)4/h10H,5-8H2,1-4H3,(H,13,15)/t10-/m0/s1. The molecule has 1 aliphatic rings. The average molecular weight is 226 g/mol. The van der Waals surface area contributed by atoms with Gasteiger partial charge < -0.3 is 10.2 Å². The Morgan fingerprint density at radius 2 is 2.00 bits per heavy atom. The lowest BCUT2D eigenvalue weighted by molar-refractivity contribution is -0.132. The first kappa shape index (κ1) is 13.0. The Kier molecular flexibility index (Phi) is 3.94. The molecular formula is C12H22N2O2. The van der Waals surface area contributed by atoms with Crippen molar-refractivity contribution < 1.29 is 9.59 Å². The van der Waals surface area contributed by atoms with E-state index in [1.807, 2.05) is 4.90 Å². The molecule has 0 aromatic rings. The van der Waals surface area contributed by atoms with Crippen molar-refractivity contribution in [2.24, 2.45) is 5.41 Å². The first-order valence-electron chi connectivity index (χ1n) is 5.83. The number of carbonyl (C=O) groups excluding carboxylic acids is 2. The average Bonchev–Trinajstić information content (AvgIpc) is 2.48. The lowest BCUT2D eigenvalue weighted by Crippen LogP contribution is -2.38. The van der Waals surface area contributed by atoms with Gasteiger partial charge in [-0.2, -0.15) is 0 Å². The van der Waals surface area contributed by atoms with Crippen molar-refractivity contribution in [3.63, 3.8) is 0 Å². The molecule has 0 aromatic heterocycles. The summed E-state index contributed by atoms with van der Waals surface area (Å²) in [5, 5.41) is 2.86. The van der Waals surface area contributed by atoms with E-state index in [1.165, 1.54) is 6.92 Å². The van der Waals surface area contributed by atoms with Crippen molar-refractivity contribution in [3.8, 4) is 0 Å². The van der Waals surface area contributed by atoms with Gasteiger partial charge in [-0.15, -0.1) is 0 Å². The van der Waals surface area contributed by atoms with E-state index < -0.39 is 0 Å². The molecule has 4 nitrogen and oxygen atoms in total. The number of rotatable bonds is 2. The number of hydrogen-bond donors (Lipinski definition) is 1. The zero-order valence-electron chi connectivity index (χ0n) is 10.7. The molecule has 1 N–H and O–H groups in total. The van der Waals surface area contributed by atoms with Crippen molar-refractivity contribution in [2.45, 2.75) is 46.6 Å². The summed E-state index contributed by atoms with van der Waals surface area (Å²) in [6.07, 6.45) is 1.44. The highest BCUT2D eigenvalue weighted by molar-refractivity contribution is 5.77. The molecule has 0 radical (unpaired) electrons. The van der Waals surface area contributed by atoms with E-state index in [1.54, 1.807) is 0 Å². The number of hydrogen-bond acceptors (Lipinski definition) is 2. The lowest BCUT2D eigenvalue weighted by Gasteiger charge is -2.23. The fraction of sp³-hybridized carbons (Fsp3) is 0.833. The number of likely N-dealkylation sites (tertiary alicyclic amines) is 1. The molecule has 1 atom stereocenters. The molecule has 0 aliphatic carbocycles. The summed E-state index contributed by atoms with van der Waals surface area (Å²) in [6.45, 7) is 9.12. The van der Waals surface area contributed by atoms with Crippen LogP contribution in [0, 0.1) is 5.41 Å². The fourth-order valence-electron chi connectivity index (χ4n) is 1.96. The number of nitrogens with one attached hydrogen (secondary N) is 1. The zero-order valence-corrected chi connectivity index (χ0v) is 10.7. The van der Waals surface area contributed by atoms with Crippen molar-refractivity contribution in [1.82, 2.24) is 10.2 Å². The van der Waals surface area contributed by atoms with Crippen LogP contribution in [0.5, 0.6) is 0 Å². The van der Waals surface area contributed by atoms with E-state index in [-0.39, 0.29) is 23.3 Å². The first-order valence-corrected chi connectivity index (χ1v) is 5.83. The molecule has 92 valence electrons. The molecule has 0 aromatic carbocycles. The number of amides is 2. The van der Waals surface area contributed by atoms with Gasteiger partial charge in [0.2, 0.25) is 11.8 Å². The third-order valence-corrected chi connectivity index (χ3v) is 2.63. The Labute approximate surface area is 97.4 Å². The molecular weight excluding hydrogens is 204 g/mol. The third kappa shape index (κ3) is 4.21. The van der Waals surface area contributed by atoms with E-state index in [0.29, 0.717) is 13.0 Å². The Morgan fingerprint density at radius 1 is 1.38 bits per heavy atom. The lowest BCUT2D eigenvalue weighted by atomic mass is 9.92. The van der Waals surface area contributed by atoms with Crippen LogP contribution in [0.3, 0.4) is 0 Å². The maximum Gasteiger partial charge on any atom is 0.223 e. The monoisotopic (exact) mass is 226 g/mol. The minimum atomic E-state index is -0.0184. The molecule has 0 unspecified atom stereocenters. The van der Waals surface area contributed by atoms with Gasteiger partial charge in [0.05, 0.1) is 0 Å². The van der Waals surface area contributed by atoms with E-state index in [9.17, 15) is 9.59 Å². The van der Waals surface area contributed by atoms with E-state index in [2.05, 4.69) is 26.1 Å². The minimum Gasteiger partial charge on any atom is -0.352 e. The maximum atomic E-state index is 11.9. The maximum absolute atomic E-state index is 11.9. The zero-order chi connectivity index (χ0) is 12.3. The largest absolute Gasteiger partial charge is 0.352 e. The molecule has 0 bridgehead atoms. The van der Waals surface area contributed by atoms with Crippen molar-refractivity contribution in [3.05, 3.63) is 0 Å². The van der Waals surface area contributed by atoms with Gasteiger partial charge >= 0.3 is 0 Å². The van der Waals surface area contributed by atoms with Crippen molar-refractivity contribution >= 4 is 11.8 Å². The highest BCUT2D eigenvalue weighted by atomic mass is 16.2. The summed E-state index contributed by atoms with van der Waals surface area (Å²) in [6, 6.07) is 0.140. The molecule has 1 fully saturated rings.